The average Bonchev–Trinajstić information content (AvgIpc) is 2.92. The summed E-state index contributed by atoms with van der Waals surface area (Å²) in [5.41, 5.74) is 4.14. The van der Waals surface area contributed by atoms with E-state index in [-0.39, 0.29) is 0 Å². The molecule has 0 aromatic carbocycles. The number of thiazole rings is 1. The number of piperidine rings is 1. The maximum absolute atomic E-state index is 4.42. The molecule has 22 heavy (non-hydrogen) atoms. The van der Waals surface area contributed by atoms with E-state index >= 15 is 0 Å². The minimum absolute atomic E-state index is 0.510. The van der Waals surface area contributed by atoms with E-state index in [2.05, 4.69) is 44.8 Å². The van der Waals surface area contributed by atoms with Crippen LogP contribution >= 0.6 is 11.3 Å². The Balaban J connectivity index is 1.66. The van der Waals surface area contributed by atoms with Gasteiger partial charge >= 0.3 is 0 Å². The van der Waals surface area contributed by atoms with Gasteiger partial charge in [0.25, 0.3) is 0 Å². The van der Waals surface area contributed by atoms with Crippen molar-refractivity contribution in [2.75, 3.05) is 25.0 Å². The van der Waals surface area contributed by atoms with Crippen molar-refractivity contribution in [3.05, 3.63) is 34.2 Å². The van der Waals surface area contributed by atoms with Gasteiger partial charge in [0.15, 0.2) is 0 Å². The lowest BCUT2D eigenvalue weighted by Gasteiger charge is -2.38. The third-order valence-corrected chi connectivity index (χ3v) is 5.31. The molecule has 5 nitrogen and oxygen atoms in total. The van der Waals surface area contributed by atoms with Crippen LogP contribution in [0.25, 0.3) is 0 Å². The maximum atomic E-state index is 4.42. The summed E-state index contributed by atoms with van der Waals surface area (Å²) in [6.45, 7) is 7.38. The number of anilines is 1. The van der Waals surface area contributed by atoms with Gasteiger partial charge < -0.3 is 4.90 Å². The number of aromatic nitrogens is 3. The molecule has 0 radical (unpaired) electrons. The highest BCUT2D eigenvalue weighted by Crippen LogP contribution is 2.23. The summed E-state index contributed by atoms with van der Waals surface area (Å²) in [6.07, 6.45) is 4.11. The van der Waals surface area contributed by atoms with E-state index in [4.69, 9.17) is 0 Å². The van der Waals surface area contributed by atoms with Crippen molar-refractivity contribution in [1.82, 2.24) is 19.9 Å². The Morgan fingerprint density at radius 1 is 1.32 bits per heavy atom. The van der Waals surface area contributed by atoms with Crippen LogP contribution in [0, 0.1) is 13.8 Å². The quantitative estimate of drug-likeness (QED) is 0.867. The second kappa shape index (κ2) is 6.71. The summed E-state index contributed by atoms with van der Waals surface area (Å²) in [5, 5.41) is 0. The van der Waals surface area contributed by atoms with Crippen LogP contribution in [0.15, 0.2) is 17.9 Å². The van der Waals surface area contributed by atoms with Crippen LogP contribution in [0.3, 0.4) is 0 Å². The fourth-order valence-electron chi connectivity index (χ4n) is 2.99. The third-order valence-electron chi connectivity index (χ3n) is 4.39. The predicted molar refractivity (Wildman–Crippen MR) is 90.3 cm³/mol. The van der Waals surface area contributed by atoms with E-state index in [1.807, 2.05) is 12.4 Å². The van der Waals surface area contributed by atoms with Crippen LogP contribution in [0.1, 0.15) is 29.1 Å². The molecule has 0 saturated carbocycles. The molecule has 2 aromatic rings. The number of hydrogen-bond acceptors (Lipinski definition) is 6. The van der Waals surface area contributed by atoms with Crippen molar-refractivity contribution in [2.45, 2.75) is 39.3 Å². The van der Waals surface area contributed by atoms with Crippen molar-refractivity contribution in [2.24, 2.45) is 0 Å². The van der Waals surface area contributed by atoms with E-state index in [0.29, 0.717) is 6.04 Å². The van der Waals surface area contributed by atoms with Crippen molar-refractivity contribution in [3.63, 3.8) is 0 Å². The second-order valence-electron chi connectivity index (χ2n) is 6.02. The standard InChI is InChI=1S/C16H23N5S/c1-12-7-16(18-10-17-12)20(3)14-5-4-6-21(8-14)9-15-13(2)19-11-22-15/h7,10-11,14H,4-6,8-9H2,1-3H3. The van der Waals surface area contributed by atoms with Crippen molar-refractivity contribution < 1.29 is 0 Å². The monoisotopic (exact) mass is 317 g/mol. The molecule has 1 fully saturated rings. The molecular formula is C16H23N5S. The zero-order chi connectivity index (χ0) is 15.5. The number of nitrogens with zero attached hydrogens (tertiary/aromatic N) is 5. The Morgan fingerprint density at radius 3 is 2.91 bits per heavy atom. The molecule has 3 rings (SSSR count). The Hall–Kier alpha value is -1.53. The first kappa shape index (κ1) is 15.4. The maximum Gasteiger partial charge on any atom is 0.132 e. The molecule has 3 heterocycles. The lowest BCUT2D eigenvalue weighted by molar-refractivity contribution is 0.199. The highest BCUT2D eigenvalue weighted by molar-refractivity contribution is 7.09. The topological polar surface area (TPSA) is 45.2 Å². The van der Waals surface area contributed by atoms with Gasteiger partial charge in [-0.25, -0.2) is 15.0 Å². The third kappa shape index (κ3) is 3.44. The Bertz CT molecular complexity index is 627. The molecule has 118 valence electrons. The predicted octanol–water partition coefficient (Wildman–Crippen LogP) is 2.65. The number of rotatable bonds is 4. The number of likely N-dealkylation sites (N-methyl/N-ethyl adjacent to an activating group) is 1. The number of likely N-dealkylation sites (tertiary alicyclic amines) is 1. The molecule has 6 heteroatoms. The number of aryl methyl sites for hydroxylation is 2. The summed E-state index contributed by atoms with van der Waals surface area (Å²) in [5.74, 6) is 1.02. The average molecular weight is 317 g/mol. The van der Waals surface area contributed by atoms with Gasteiger partial charge in [0.05, 0.1) is 11.2 Å². The van der Waals surface area contributed by atoms with Gasteiger partial charge in [-0.3, -0.25) is 4.90 Å². The van der Waals surface area contributed by atoms with E-state index in [1.54, 1.807) is 17.7 Å². The summed E-state index contributed by atoms with van der Waals surface area (Å²) >= 11 is 1.76. The Labute approximate surface area is 136 Å². The minimum atomic E-state index is 0.510. The van der Waals surface area contributed by atoms with E-state index in [0.717, 1.165) is 24.6 Å². The molecule has 1 aliphatic rings. The van der Waals surface area contributed by atoms with Gasteiger partial charge in [-0.15, -0.1) is 11.3 Å². The molecule has 0 amide bonds. The van der Waals surface area contributed by atoms with Crippen LogP contribution < -0.4 is 4.90 Å². The largest absolute Gasteiger partial charge is 0.355 e. The first-order valence-corrected chi connectivity index (χ1v) is 8.64. The molecule has 1 unspecified atom stereocenters. The van der Waals surface area contributed by atoms with Crippen LogP contribution in [0.4, 0.5) is 5.82 Å². The van der Waals surface area contributed by atoms with E-state index in [1.165, 1.54) is 30.0 Å². The Morgan fingerprint density at radius 2 is 2.18 bits per heavy atom. The van der Waals surface area contributed by atoms with Gasteiger partial charge in [0.2, 0.25) is 0 Å². The zero-order valence-corrected chi connectivity index (χ0v) is 14.3. The van der Waals surface area contributed by atoms with Crippen LogP contribution in [-0.4, -0.2) is 46.0 Å². The van der Waals surface area contributed by atoms with Gasteiger partial charge in [0.1, 0.15) is 12.1 Å². The molecule has 1 aliphatic heterocycles. The fourth-order valence-corrected chi connectivity index (χ4v) is 3.81. The molecule has 1 saturated heterocycles. The van der Waals surface area contributed by atoms with Crippen LogP contribution in [0.5, 0.6) is 0 Å². The van der Waals surface area contributed by atoms with Gasteiger partial charge in [0, 0.05) is 42.8 Å². The van der Waals surface area contributed by atoms with Crippen molar-refractivity contribution in [3.8, 4) is 0 Å². The van der Waals surface area contributed by atoms with Gasteiger partial charge in [-0.1, -0.05) is 0 Å². The van der Waals surface area contributed by atoms with Crippen LogP contribution in [-0.2, 0) is 6.54 Å². The van der Waals surface area contributed by atoms with Gasteiger partial charge in [-0.2, -0.15) is 0 Å². The lowest BCUT2D eigenvalue weighted by Crippen LogP contribution is -2.46. The minimum Gasteiger partial charge on any atom is -0.355 e. The van der Waals surface area contributed by atoms with Gasteiger partial charge in [-0.05, 0) is 33.2 Å². The molecule has 1 atom stereocenters. The molecule has 0 aliphatic carbocycles. The van der Waals surface area contributed by atoms with Crippen molar-refractivity contribution in [1.29, 1.82) is 0 Å². The molecular weight excluding hydrogens is 294 g/mol. The summed E-state index contributed by atoms with van der Waals surface area (Å²) in [4.78, 5) is 19.2. The first-order valence-electron chi connectivity index (χ1n) is 7.76. The highest BCUT2D eigenvalue weighted by Gasteiger charge is 2.24. The summed E-state index contributed by atoms with van der Waals surface area (Å²) in [7, 11) is 2.15. The lowest BCUT2D eigenvalue weighted by atomic mass is 10.0. The first-order chi connectivity index (χ1) is 10.6. The van der Waals surface area contributed by atoms with Crippen molar-refractivity contribution >= 4 is 17.2 Å². The molecule has 0 spiro atoms. The highest BCUT2D eigenvalue weighted by atomic mass is 32.1. The summed E-state index contributed by atoms with van der Waals surface area (Å²) in [6, 6.07) is 2.57. The molecule has 0 N–H and O–H groups in total. The van der Waals surface area contributed by atoms with E-state index in [9.17, 15) is 0 Å². The smallest absolute Gasteiger partial charge is 0.132 e. The van der Waals surface area contributed by atoms with E-state index < -0.39 is 0 Å². The zero-order valence-electron chi connectivity index (χ0n) is 13.5. The Kier molecular flexibility index (Phi) is 4.69. The number of hydrogen-bond donors (Lipinski definition) is 0. The van der Waals surface area contributed by atoms with Crippen LogP contribution in [0.2, 0.25) is 0 Å². The normalized spacial score (nSPS) is 19.3. The SMILES string of the molecule is Cc1cc(N(C)C2CCCN(Cc3scnc3C)C2)ncn1. The molecule has 2 aromatic heterocycles. The fraction of sp³-hybridized carbons (Fsp3) is 0.562. The second-order valence-corrected chi connectivity index (χ2v) is 6.96. The summed E-state index contributed by atoms with van der Waals surface area (Å²) < 4.78 is 0. The molecule has 0 bridgehead atoms.